The Kier molecular flexibility index (Phi) is 4.70. The number of benzene rings is 1. The molecule has 1 aliphatic rings. The van der Waals surface area contributed by atoms with Crippen LogP contribution in [0.25, 0.3) is 22.7 Å². The Hall–Kier alpha value is -3.14. The molecule has 0 spiro atoms. The summed E-state index contributed by atoms with van der Waals surface area (Å²) in [5, 5.41) is 4.05. The third kappa shape index (κ3) is 3.82. The largest absolute Gasteiger partial charge is 0.386 e. The van der Waals surface area contributed by atoms with Gasteiger partial charge in [0.25, 0.3) is 0 Å². The molecular formula is C23H27FN6O2S. The van der Waals surface area contributed by atoms with E-state index in [0.717, 1.165) is 12.1 Å². The van der Waals surface area contributed by atoms with E-state index in [1.807, 2.05) is 6.92 Å². The lowest BCUT2D eigenvalue weighted by atomic mass is 9.91. The summed E-state index contributed by atoms with van der Waals surface area (Å²) in [4.78, 5) is 13.2. The minimum absolute atomic E-state index is 0.0601. The first-order chi connectivity index (χ1) is 16.7. The monoisotopic (exact) mass is 473 g/mol. The molecule has 2 atom stereocenters. The van der Waals surface area contributed by atoms with Crippen molar-refractivity contribution in [2.75, 3.05) is 12.7 Å². The van der Waals surface area contributed by atoms with E-state index in [0.29, 0.717) is 22.7 Å². The van der Waals surface area contributed by atoms with Gasteiger partial charge >= 0.3 is 0 Å². The van der Waals surface area contributed by atoms with Crippen LogP contribution in [0.3, 0.4) is 0 Å². The molecule has 0 fully saturated rings. The summed E-state index contributed by atoms with van der Waals surface area (Å²) in [7, 11) is -3.47. The Balaban J connectivity index is 1.78. The molecule has 2 N–H and O–H groups in total. The highest BCUT2D eigenvalue weighted by molar-refractivity contribution is 7.95. The lowest BCUT2D eigenvalue weighted by Gasteiger charge is -2.40. The van der Waals surface area contributed by atoms with Crippen LogP contribution in [0.2, 0.25) is 0 Å². The Labute approximate surface area is 196 Å². The summed E-state index contributed by atoms with van der Waals surface area (Å²) in [5.74, 6) is -0.658. The van der Waals surface area contributed by atoms with Gasteiger partial charge in [-0.2, -0.15) is 0 Å². The molecule has 0 aliphatic carbocycles. The van der Waals surface area contributed by atoms with Crippen LogP contribution in [-0.2, 0) is 21.7 Å². The minimum Gasteiger partial charge on any atom is -0.386 e. The molecule has 2 aromatic heterocycles. The van der Waals surface area contributed by atoms with E-state index in [1.165, 1.54) is 32.0 Å². The average Bonchev–Trinajstić information content (AvgIpc) is 3.27. The van der Waals surface area contributed by atoms with Crippen molar-refractivity contribution in [2.24, 2.45) is 15.1 Å². The topological polar surface area (TPSA) is 120 Å². The van der Waals surface area contributed by atoms with Gasteiger partial charge in [0.1, 0.15) is 33.3 Å². The summed E-state index contributed by atoms with van der Waals surface area (Å²) < 4.78 is 59.6. The molecule has 0 bridgehead atoms. The fourth-order valence-corrected chi connectivity index (χ4v) is 5.74. The second-order valence-corrected chi connectivity index (χ2v) is 11.4. The van der Waals surface area contributed by atoms with Gasteiger partial charge in [-0.3, -0.25) is 15.0 Å². The van der Waals surface area contributed by atoms with Crippen LogP contribution in [-0.4, -0.2) is 42.6 Å². The van der Waals surface area contributed by atoms with Crippen LogP contribution in [0.4, 0.5) is 4.39 Å². The molecule has 4 rings (SSSR count). The minimum atomic E-state index is -3.47. The maximum atomic E-state index is 15.2. The molecule has 0 saturated carbocycles. The van der Waals surface area contributed by atoms with E-state index >= 15 is 4.39 Å². The summed E-state index contributed by atoms with van der Waals surface area (Å²) >= 11 is 0. The normalized spacial score (nSPS) is 26.1. The van der Waals surface area contributed by atoms with Crippen molar-refractivity contribution in [2.45, 2.75) is 44.4 Å². The second kappa shape index (κ2) is 8.02. The molecule has 0 saturated heterocycles. The Morgan fingerprint density at radius 1 is 1.24 bits per heavy atom. The van der Waals surface area contributed by atoms with Crippen LogP contribution < -0.4 is 5.73 Å². The average molecular weight is 474 g/mol. The molecule has 3 heterocycles. The Morgan fingerprint density at radius 3 is 2.70 bits per heavy atom. The van der Waals surface area contributed by atoms with Crippen molar-refractivity contribution >= 4 is 15.6 Å². The number of rotatable bonds is 4. The summed E-state index contributed by atoms with van der Waals surface area (Å²) in [6.45, 7) is 3.78. The van der Waals surface area contributed by atoms with E-state index in [9.17, 15) is 4.21 Å². The van der Waals surface area contributed by atoms with E-state index in [1.54, 1.807) is 25.4 Å². The van der Waals surface area contributed by atoms with Gasteiger partial charge in [-0.25, -0.2) is 13.0 Å². The van der Waals surface area contributed by atoms with E-state index < -0.39 is 32.8 Å². The fraction of sp³-hybridized carbons (Fsp3) is 0.391. The molecule has 0 amide bonds. The van der Waals surface area contributed by atoms with Gasteiger partial charge in [0.15, 0.2) is 5.76 Å². The van der Waals surface area contributed by atoms with E-state index in [2.05, 4.69) is 24.5 Å². The highest BCUT2D eigenvalue weighted by Crippen LogP contribution is 2.40. The second-order valence-electron chi connectivity index (χ2n) is 8.67. The smallest absolute Gasteiger partial charge is 0.167 e. The van der Waals surface area contributed by atoms with Crippen molar-refractivity contribution in [1.29, 1.82) is 0 Å². The predicted octanol–water partition coefficient (Wildman–Crippen LogP) is 3.96. The van der Waals surface area contributed by atoms with Gasteiger partial charge in [-0.05, 0) is 45.4 Å². The van der Waals surface area contributed by atoms with E-state index in [4.69, 9.17) is 14.4 Å². The lowest BCUT2D eigenvalue weighted by molar-refractivity contribution is 0.434. The first kappa shape index (κ1) is 19.3. The first-order valence-corrected chi connectivity index (χ1v) is 12.1. The van der Waals surface area contributed by atoms with Gasteiger partial charge in [-0.15, -0.1) is 0 Å². The van der Waals surface area contributed by atoms with Crippen molar-refractivity contribution in [3.8, 4) is 22.7 Å². The third-order valence-electron chi connectivity index (χ3n) is 6.08. The van der Waals surface area contributed by atoms with Crippen LogP contribution in [0.1, 0.15) is 43.1 Å². The summed E-state index contributed by atoms with van der Waals surface area (Å²) in [6.07, 6.45) is 4.02. The highest BCUT2D eigenvalue weighted by Gasteiger charge is 2.47. The molecule has 1 aromatic carbocycles. The van der Waals surface area contributed by atoms with Gasteiger partial charge in [0, 0.05) is 34.5 Å². The van der Waals surface area contributed by atoms with Crippen molar-refractivity contribution in [3.63, 3.8) is 0 Å². The number of nitrogens with zero attached hydrogens (tertiary/aromatic N) is 5. The summed E-state index contributed by atoms with van der Waals surface area (Å²) in [5.41, 5.74) is 7.13. The quantitative estimate of drug-likeness (QED) is 0.612. The van der Waals surface area contributed by atoms with Crippen LogP contribution in [0.15, 0.2) is 50.5 Å². The van der Waals surface area contributed by atoms with Gasteiger partial charge in [-0.1, -0.05) is 12.1 Å². The molecule has 10 heteroatoms. The van der Waals surface area contributed by atoms with Crippen LogP contribution in [0, 0.1) is 5.82 Å². The Bertz CT molecular complexity index is 1460. The molecule has 0 unspecified atom stereocenters. The number of hydrogen-bond donors (Lipinski definition) is 1. The molecule has 174 valence electrons. The number of halogens is 1. The van der Waals surface area contributed by atoms with Gasteiger partial charge < -0.3 is 10.3 Å². The number of aliphatic imine (C=N–C) groups is 1. The zero-order valence-corrected chi connectivity index (χ0v) is 19.6. The molecular weight excluding hydrogens is 443 g/mol. The third-order valence-corrected chi connectivity index (χ3v) is 9.13. The molecule has 1 aliphatic heterocycles. The standard InChI is InChI=1S/C23H27FN6O2S/c1-6-15-11-28-19(12-27-15)18-10-20(32-30-18)14-7-8-17(24)16(9-14)23(4)13-33(31,26-5)22(2,3)21(25)29-23/h7-12H,6,13H2,1-5H3,(H2,25,29)/t23-,33+/m0/s1/i5D3. The predicted molar refractivity (Wildman–Crippen MR) is 127 cm³/mol. The van der Waals surface area contributed by atoms with Crippen molar-refractivity contribution < 1.29 is 17.2 Å². The van der Waals surface area contributed by atoms with Crippen LogP contribution in [0.5, 0.6) is 0 Å². The van der Waals surface area contributed by atoms with Gasteiger partial charge in [0.2, 0.25) is 0 Å². The SMILES string of the molecule is [2H]C([2H])([2H])N=[S@@]1(=O)C[C@@](C)(c2cc(-c3cc(-c4cnc(CC)cn4)no3)ccc2F)N=C(N)C1(C)C. The van der Waals surface area contributed by atoms with Crippen molar-refractivity contribution in [1.82, 2.24) is 15.1 Å². The van der Waals surface area contributed by atoms with Gasteiger partial charge in [0.05, 0.1) is 27.4 Å². The highest BCUT2D eigenvalue weighted by atomic mass is 32.2. The van der Waals surface area contributed by atoms with E-state index in [-0.39, 0.29) is 17.2 Å². The number of nitrogens with two attached hydrogens (primary N) is 1. The first-order valence-electron chi connectivity index (χ1n) is 11.9. The Morgan fingerprint density at radius 2 is 2.03 bits per heavy atom. The number of aromatic nitrogens is 3. The summed E-state index contributed by atoms with van der Waals surface area (Å²) in [6, 6.07) is 5.92. The lowest BCUT2D eigenvalue weighted by Crippen LogP contribution is -2.54. The maximum absolute atomic E-state index is 15.2. The zero-order chi connectivity index (χ0) is 26.5. The fourth-order valence-electron chi connectivity index (χ4n) is 3.73. The molecule has 3 aromatic rings. The number of hydrogen-bond acceptors (Lipinski definition) is 8. The molecule has 33 heavy (non-hydrogen) atoms. The zero-order valence-electron chi connectivity index (χ0n) is 21.8. The number of aryl methyl sites for hydroxylation is 1. The molecule has 8 nitrogen and oxygen atoms in total. The van der Waals surface area contributed by atoms with Crippen LogP contribution >= 0.6 is 0 Å². The maximum Gasteiger partial charge on any atom is 0.167 e. The van der Waals surface area contributed by atoms with Crippen molar-refractivity contribution in [3.05, 3.63) is 53.7 Å². The number of amidine groups is 1. The molecule has 0 radical (unpaired) electrons.